The van der Waals surface area contributed by atoms with Crippen LogP contribution < -0.4 is 15.5 Å². The Morgan fingerprint density at radius 2 is 1.71 bits per heavy atom. The van der Waals surface area contributed by atoms with E-state index in [9.17, 15) is 9.59 Å². The maximum Gasteiger partial charge on any atom is 0.278 e. The zero-order valence-corrected chi connectivity index (χ0v) is 15.6. The molecule has 0 saturated heterocycles. The Morgan fingerprint density at radius 1 is 1.08 bits per heavy atom. The summed E-state index contributed by atoms with van der Waals surface area (Å²) in [5.41, 5.74) is 1.12. The van der Waals surface area contributed by atoms with E-state index in [4.69, 9.17) is 0 Å². The molecule has 24 heavy (non-hydrogen) atoms. The molecule has 0 aliphatic carbocycles. The fourth-order valence-electron chi connectivity index (χ4n) is 2.60. The number of rotatable bonds is 9. The molecule has 2 amide bonds. The zero-order chi connectivity index (χ0) is 18.1. The van der Waals surface area contributed by atoms with Crippen LogP contribution in [0.4, 0.5) is 0 Å². The van der Waals surface area contributed by atoms with Crippen molar-refractivity contribution in [2.45, 2.75) is 58.7 Å². The van der Waals surface area contributed by atoms with E-state index >= 15 is 0 Å². The number of carbonyl (C=O) groups is 2. The van der Waals surface area contributed by atoms with E-state index in [2.05, 4.69) is 17.6 Å². The summed E-state index contributed by atoms with van der Waals surface area (Å²) in [6, 6.07) is 9.87. The minimum atomic E-state index is -0.286. The molecule has 0 radical (unpaired) electrons. The molecule has 0 bridgehead atoms. The van der Waals surface area contributed by atoms with E-state index in [1.165, 1.54) is 0 Å². The smallest absolute Gasteiger partial charge is 0.278 e. The predicted octanol–water partition coefficient (Wildman–Crippen LogP) is 1.07. The van der Waals surface area contributed by atoms with Crippen molar-refractivity contribution in [3.8, 4) is 0 Å². The van der Waals surface area contributed by atoms with Crippen LogP contribution in [0, 0.1) is 0 Å². The molecule has 3 N–H and O–H groups in total. The summed E-state index contributed by atoms with van der Waals surface area (Å²) in [6.45, 7) is 8.12. The molecule has 1 rings (SSSR count). The number of nitrogens with one attached hydrogen (secondary N) is 3. The molecule has 5 heteroatoms. The summed E-state index contributed by atoms with van der Waals surface area (Å²) in [5, 5.41) is 6.00. The molecule has 1 aromatic rings. The summed E-state index contributed by atoms with van der Waals surface area (Å²) in [6.07, 6.45) is 1.89. The van der Waals surface area contributed by atoms with Crippen molar-refractivity contribution in [3.63, 3.8) is 0 Å². The van der Waals surface area contributed by atoms with Crippen LogP contribution in [0.3, 0.4) is 0 Å². The lowest BCUT2D eigenvalue weighted by Crippen LogP contribution is -3.15. The zero-order valence-electron chi connectivity index (χ0n) is 15.6. The van der Waals surface area contributed by atoms with Gasteiger partial charge in [-0.05, 0) is 32.8 Å². The second-order valence-electron chi connectivity index (χ2n) is 6.73. The number of benzene rings is 1. The Hall–Kier alpha value is -1.88. The first kappa shape index (κ1) is 20.2. The summed E-state index contributed by atoms with van der Waals surface area (Å²) in [7, 11) is 1.88. The molecular formula is C19H32N3O2+. The van der Waals surface area contributed by atoms with Crippen LogP contribution in [0.5, 0.6) is 0 Å². The highest BCUT2D eigenvalue weighted by Gasteiger charge is 2.26. The van der Waals surface area contributed by atoms with Gasteiger partial charge in [0.15, 0.2) is 12.6 Å². The van der Waals surface area contributed by atoms with Crippen LogP contribution in [0.2, 0.25) is 0 Å². The van der Waals surface area contributed by atoms with Gasteiger partial charge in [0.05, 0.1) is 13.1 Å². The normalized spacial score (nSPS) is 14.8. The molecule has 3 atom stereocenters. The second kappa shape index (κ2) is 10.1. The SMILES string of the molecule is CCC[C@@H](NC(=O)[C@@H](C)[NH+](C)CC(=O)NC(C)C)c1ccccc1. The number of hydrogen-bond donors (Lipinski definition) is 3. The molecule has 0 spiro atoms. The van der Waals surface area contributed by atoms with E-state index in [0.717, 1.165) is 23.3 Å². The van der Waals surface area contributed by atoms with Gasteiger partial charge in [0.2, 0.25) is 0 Å². The number of carbonyl (C=O) groups excluding carboxylic acids is 2. The Morgan fingerprint density at radius 3 is 2.25 bits per heavy atom. The molecule has 1 unspecified atom stereocenters. The third-order valence-electron chi connectivity index (χ3n) is 4.12. The molecule has 0 aromatic heterocycles. The number of amides is 2. The highest BCUT2D eigenvalue weighted by molar-refractivity contribution is 5.81. The van der Waals surface area contributed by atoms with Crippen molar-refractivity contribution in [1.29, 1.82) is 0 Å². The van der Waals surface area contributed by atoms with Gasteiger partial charge in [-0.1, -0.05) is 43.7 Å². The molecule has 0 fully saturated rings. The second-order valence-corrected chi connectivity index (χ2v) is 6.73. The lowest BCUT2D eigenvalue weighted by Gasteiger charge is -2.24. The summed E-state index contributed by atoms with van der Waals surface area (Å²) >= 11 is 0. The predicted molar refractivity (Wildman–Crippen MR) is 96.7 cm³/mol. The Labute approximate surface area is 145 Å². The lowest BCUT2D eigenvalue weighted by molar-refractivity contribution is -0.886. The van der Waals surface area contributed by atoms with Gasteiger partial charge >= 0.3 is 0 Å². The van der Waals surface area contributed by atoms with Gasteiger partial charge in [-0.3, -0.25) is 9.59 Å². The van der Waals surface area contributed by atoms with Crippen molar-refractivity contribution in [2.75, 3.05) is 13.6 Å². The van der Waals surface area contributed by atoms with Gasteiger partial charge in [-0.2, -0.15) is 0 Å². The van der Waals surface area contributed by atoms with Crippen molar-refractivity contribution in [1.82, 2.24) is 10.6 Å². The average molecular weight is 334 g/mol. The lowest BCUT2D eigenvalue weighted by atomic mass is 10.0. The molecule has 5 nitrogen and oxygen atoms in total. The average Bonchev–Trinajstić information content (AvgIpc) is 2.53. The molecule has 0 heterocycles. The van der Waals surface area contributed by atoms with E-state index in [0.29, 0.717) is 0 Å². The molecular weight excluding hydrogens is 302 g/mol. The largest absolute Gasteiger partial charge is 0.349 e. The minimum Gasteiger partial charge on any atom is -0.349 e. The van der Waals surface area contributed by atoms with Crippen LogP contribution in [-0.2, 0) is 9.59 Å². The van der Waals surface area contributed by atoms with Gasteiger partial charge in [-0.15, -0.1) is 0 Å². The number of quaternary nitrogens is 1. The van der Waals surface area contributed by atoms with E-state index < -0.39 is 0 Å². The summed E-state index contributed by atoms with van der Waals surface area (Å²) < 4.78 is 0. The quantitative estimate of drug-likeness (QED) is 0.633. The van der Waals surface area contributed by atoms with Crippen LogP contribution >= 0.6 is 0 Å². The topological polar surface area (TPSA) is 62.6 Å². The van der Waals surface area contributed by atoms with Crippen molar-refractivity contribution < 1.29 is 14.5 Å². The molecule has 0 aliphatic heterocycles. The van der Waals surface area contributed by atoms with Crippen molar-refractivity contribution in [2.24, 2.45) is 0 Å². The van der Waals surface area contributed by atoms with Crippen LogP contribution in [0.1, 0.15) is 52.1 Å². The number of likely N-dealkylation sites (N-methyl/N-ethyl adjacent to an activating group) is 1. The molecule has 134 valence electrons. The molecule has 1 aromatic carbocycles. The van der Waals surface area contributed by atoms with Gasteiger partial charge in [0.25, 0.3) is 11.8 Å². The first-order valence-electron chi connectivity index (χ1n) is 8.82. The van der Waals surface area contributed by atoms with E-state index in [-0.39, 0.29) is 36.5 Å². The van der Waals surface area contributed by atoms with E-state index in [1.807, 2.05) is 58.2 Å². The number of hydrogen-bond acceptors (Lipinski definition) is 2. The molecule has 0 aliphatic rings. The standard InChI is InChI=1S/C19H31N3O2/c1-6-10-17(16-11-8-7-9-12-16)21-19(24)15(4)22(5)13-18(23)20-14(2)3/h7-9,11-12,14-15,17H,6,10,13H2,1-5H3,(H,20,23)(H,21,24)/p+1/t15-,17-/m1/s1. The molecule has 0 saturated carbocycles. The van der Waals surface area contributed by atoms with Crippen LogP contribution in [0.25, 0.3) is 0 Å². The fraction of sp³-hybridized carbons (Fsp3) is 0.579. The first-order valence-corrected chi connectivity index (χ1v) is 8.82. The highest BCUT2D eigenvalue weighted by atomic mass is 16.2. The summed E-state index contributed by atoms with van der Waals surface area (Å²) in [4.78, 5) is 25.3. The Kier molecular flexibility index (Phi) is 8.47. The van der Waals surface area contributed by atoms with E-state index in [1.54, 1.807) is 0 Å². The third kappa shape index (κ3) is 6.71. The van der Waals surface area contributed by atoms with Gasteiger partial charge in [-0.25, -0.2) is 0 Å². The first-order chi connectivity index (χ1) is 11.3. The minimum absolute atomic E-state index is 0.0171. The van der Waals surface area contributed by atoms with Gasteiger partial charge < -0.3 is 15.5 Å². The van der Waals surface area contributed by atoms with Crippen molar-refractivity contribution in [3.05, 3.63) is 35.9 Å². The highest BCUT2D eigenvalue weighted by Crippen LogP contribution is 2.17. The van der Waals surface area contributed by atoms with Crippen molar-refractivity contribution >= 4 is 11.8 Å². The monoisotopic (exact) mass is 334 g/mol. The maximum atomic E-state index is 12.6. The Balaban J connectivity index is 2.64. The fourth-order valence-corrected chi connectivity index (χ4v) is 2.60. The Bertz CT molecular complexity index is 517. The van der Waals surface area contributed by atoms with Gasteiger partial charge in [0.1, 0.15) is 0 Å². The maximum absolute atomic E-state index is 12.6. The third-order valence-corrected chi connectivity index (χ3v) is 4.12. The van der Waals surface area contributed by atoms with Crippen LogP contribution in [-0.4, -0.2) is 37.5 Å². The van der Waals surface area contributed by atoms with Crippen LogP contribution in [0.15, 0.2) is 30.3 Å². The summed E-state index contributed by atoms with van der Waals surface area (Å²) in [5.74, 6) is -0.0533. The van der Waals surface area contributed by atoms with Gasteiger partial charge in [0, 0.05) is 6.04 Å².